The molecule has 2 aromatic heterocycles. The lowest BCUT2D eigenvalue weighted by atomic mass is 10.1. The van der Waals surface area contributed by atoms with Crippen molar-refractivity contribution in [3.63, 3.8) is 0 Å². The van der Waals surface area contributed by atoms with Crippen LogP contribution >= 0.6 is 0 Å². The van der Waals surface area contributed by atoms with Crippen LogP contribution in [0.3, 0.4) is 0 Å². The number of anilines is 2. The monoisotopic (exact) mass is 549 g/mol. The van der Waals surface area contributed by atoms with E-state index in [9.17, 15) is 18.0 Å². The van der Waals surface area contributed by atoms with Gasteiger partial charge < -0.3 is 24.1 Å². The second kappa shape index (κ2) is 10.9. The van der Waals surface area contributed by atoms with Gasteiger partial charge in [-0.2, -0.15) is 4.98 Å². The second-order valence-corrected chi connectivity index (χ2v) is 8.55. The summed E-state index contributed by atoms with van der Waals surface area (Å²) in [6, 6.07) is 19.5. The first-order valence-corrected chi connectivity index (χ1v) is 11.9. The van der Waals surface area contributed by atoms with Gasteiger partial charge in [-0.3, -0.25) is 0 Å². The maximum absolute atomic E-state index is 12.7. The molecule has 3 aromatic carbocycles. The van der Waals surface area contributed by atoms with Crippen LogP contribution in [0.25, 0.3) is 22.4 Å². The minimum absolute atomic E-state index is 0.223. The summed E-state index contributed by atoms with van der Waals surface area (Å²) >= 11 is 0. The van der Waals surface area contributed by atoms with Crippen LogP contribution < -0.4 is 14.8 Å². The summed E-state index contributed by atoms with van der Waals surface area (Å²) in [5, 5.41) is 3.12. The summed E-state index contributed by atoms with van der Waals surface area (Å²) in [6.45, 7) is 0.447. The van der Waals surface area contributed by atoms with Gasteiger partial charge in [0.1, 0.15) is 22.7 Å². The number of esters is 1. The average Bonchev–Trinajstić information content (AvgIpc) is 3.35. The van der Waals surface area contributed by atoms with Crippen molar-refractivity contribution in [2.24, 2.45) is 0 Å². The van der Waals surface area contributed by atoms with E-state index in [0.717, 1.165) is 11.3 Å². The number of halogens is 3. The Balaban J connectivity index is 1.54. The van der Waals surface area contributed by atoms with Crippen LogP contribution in [-0.4, -0.2) is 46.1 Å². The SMILES string of the molecule is COC(=O)c1ccc(Nc2nc(-c3ccc(OC(F)(F)F)cc3)c3ncn(Cc4ccc(OC)cc4)c3n2)cc1. The van der Waals surface area contributed by atoms with Crippen molar-refractivity contribution < 1.29 is 32.2 Å². The van der Waals surface area contributed by atoms with Crippen LogP contribution in [0.1, 0.15) is 15.9 Å². The zero-order valence-electron chi connectivity index (χ0n) is 21.3. The molecule has 12 heteroatoms. The first kappa shape index (κ1) is 26.5. The van der Waals surface area contributed by atoms with Gasteiger partial charge in [0.2, 0.25) is 5.95 Å². The number of rotatable bonds is 8. The number of methoxy groups -OCH3 is 2. The van der Waals surface area contributed by atoms with Crippen molar-refractivity contribution in [1.82, 2.24) is 19.5 Å². The Morgan fingerprint density at radius 3 is 2.20 bits per heavy atom. The Morgan fingerprint density at radius 2 is 1.57 bits per heavy atom. The number of alkyl halides is 3. The molecule has 204 valence electrons. The van der Waals surface area contributed by atoms with Crippen molar-refractivity contribution >= 4 is 28.8 Å². The molecule has 9 nitrogen and oxygen atoms in total. The van der Waals surface area contributed by atoms with Crippen LogP contribution in [0, 0.1) is 0 Å². The number of benzene rings is 3. The molecule has 0 aliphatic rings. The summed E-state index contributed by atoms with van der Waals surface area (Å²) in [5.41, 5.74) is 3.85. The number of imidazole rings is 1. The molecule has 0 bridgehead atoms. The van der Waals surface area contributed by atoms with Gasteiger partial charge in [0, 0.05) is 11.3 Å². The second-order valence-electron chi connectivity index (χ2n) is 8.55. The Morgan fingerprint density at radius 1 is 0.900 bits per heavy atom. The maximum atomic E-state index is 12.7. The molecule has 0 radical (unpaired) electrons. The largest absolute Gasteiger partial charge is 0.573 e. The Kier molecular flexibility index (Phi) is 7.23. The lowest BCUT2D eigenvalue weighted by Gasteiger charge is -2.12. The molecule has 0 aliphatic carbocycles. The number of aromatic nitrogens is 4. The first-order chi connectivity index (χ1) is 19.2. The van der Waals surface area contributed by atoms with E-state index in [0.29, 0.717) is 40.2 Å². The van der Waals surface area contributed by atoms with Crippen LogP contribution in [0.2, 0.25) is 0 Å². The summed E-state index contributed by atoms with van der Waals surface area (Å²) in [6.07, 6.45) is -3.17. The van der Waals surface area contributed by atoms with Crippen LogP contribution in [-0.2, 0) is 11.3 Å². The van der Waals surface area contributed by atoms with E-state index in [-0.39, 0.29) is 11.7 Å². The van der Waals surface area contributed by atoms with Crippen molar-refractivity contribution in [3.05, 3.63) is 90.3 Å². The van der Waals surface area contributed by atoms with E-state index in [1.807, 2.05) is 28.8 Å². The normalized spacial score (nSPS) is 11.3. The summed E-state index contributed by atoms with van der Waals surface area (Å²) in [5.74, 6) is 0.134. The number of ether oxygens (including phenoxy) is 3. The van der Waals surface area contributed by atoms with Gasteiger partial charge in [-0.15, -0.1) is 13.2 Å². The summed E-state index contributed by atoms with van der Waals surface area (Å²) in [7, 11) is 2.89. The first-order valence-electron chi connectivity index (χ1n) is 11.9. The predicted molar refractivity (Wildman–Crippen MR) is 141 cm³/mol. The van der Waals surface area contributed by atoms with Crippen LogP contribution in [0.15, 0.2) is 79.1 Å². The standard InChI is InChI=1S/C28H22F3N5O4/c1-38-21-11-3-17(4-12-21)15-36-16-32-24-23(18-7-13-22(14-8-18)40-28(29,30)31)34-27(35-25(24)36)33-20-9-5-19(6-10-20)26(37)39-2/h3-14,16H,15H2,1-2H3,(H,33,34,35). The molecule has 0 spiro atoms. The zero-order valence-corrected chi connectivity index (χ0v) is 21.3. The molecule has 0 fully saturated rings. The highest BCUT2D eigenvalue weighted by Crippen LogP contribution is 2.31. The highest BCUT2D eigenvalue weighted by atomic mass is 19.4. The fraction of sp³-hybridized carbons (Fsp3) is 0.143. The van der Waals surface area contributed by atoms with Gasteiger partial charge >= 0.3 is 12.3 Å². The molecule has 2 heterocycles. The number of carbonyl (C=O) groups is 1. The molecule has 0 atom stereocenters. The van der Waals surface area contributed by atoms with E-state index < -0.39 is 12.3 Å². The third-order valence-corrected chi connectivity index (χ3v) is 5.90. The fourth-order valence-electron chi connectivity index (χ4n) is 4.00. The van der Waals surface area contributed by atoms with Gasteiger partial charge in [0.15, 0.2) is 5.65 Å². The number of nitrogens with one attached hydrogen (secondary N) is 1. The fourth-order valence-corrected chi connectivity index (χ4v) is 4.00. The molecule has 0 unspecified atom stereocenters. The quantitative estimate of drug-likeness (QED) is 0.236. The van der Waals surface area contributed by atoms with Gasteiger partial charge in [0.25, 0.3) is 0 Å². The Hall–Kier alpha value is -5.13. The van der Waals surface area contributed by atoms with E-state index in [4.69, 9.17) is 9.47 Å². The number of hydrogen-bond donors (Lipinski definition) is 1. The van der Waals surface area contributed by atoms with E-state index in [2.05, 4.69) is 25.0 Å². The van der Waals surface area contributed by atoms with E-state index in [1.165, 1.54) is 31.4 Å². The molecule has 0 amide bonds. The minimum atomic E-state index is -4.80. The van der Waals surface area contributed by atoms with Crippen molar-refractivity contribution in [2.75, 3.05) is 19.5 Å². The highest BCUT2D eigenvalue weighted by Gasteiger charge is 2.31. The molecule has 5 aromatic rings. The maximum Gasteiger partial charge on any atom is 0.573 e. The summed E-state index contributed by atoms with van der Waals surface area (Å²) < 4.78 is 53.8. The lowest BCUT2D eigenvalue weighted by molar-refractivity contribution is -0.274. The third-order valence-electron chi connectivity index (χ3n) is 5.90. The number of hydrogen-bond acceptors (Lipinski definition) is 8. The molecule has 40 heavy (non-hydrogen) atoms. The van der Waals surface area contributed by atoms with Gasteiger partial charge in [-0.25, -0.2) is 14.8 Å². The predicted octanol–water partition coefficient (Wildman–Crippen LogP) is 5.98. The van der Waals surface area contributed by atoms with Crippen molar-refractivity contribution in [3.8, 4) is 22.8 Å². The average molecular weight is 550 g/mol. The number of fused-ring (bicyclic) bond motifs is 1. The molecular weight excluding hydrogens is 527 g/mol. The van der Waals surface area contributed by atoms with E-state index in [1.54, 1.807) is 37.7 Å². The Labute approximate surface area is 226 Å². The van der Waals surface area contributed by atoms with Gasteiger partial charge in [0.05, 0.1) is 32.7 Å². The summed E-state index contributed by atoms with van der Waals surface area (Å²) in [4.78, 5) is 25.6. The Bertz CT molecular complexity index is 1630. The van der Waals surface area contributed by atoms with Gasteiger partial charge in [-0.1, -0.05) is 12.1 Å². The third kappa shape index (κ3) is 5.96. The van der Waals surface area contributed by atoms with Crippen LogP contribution in [0.5, 0.6) is 11.5 Å². The molecule has 0 saturated carbocycles. The van der Waals surface area contributed by atoms with Crippen molar-refractivity contribution in [1.29, 1.82) is 0 Å². The molecule has 0 saturated heterocycles. The van der Waals surface area contributed by atoms with Gasteiger partial charge in [-0.05, 0) is 66.2 Å². The lowest BCUT2D eigenvalue weighted by Crippen LogP contribution is -2.16. The zero-order chi connectivity index (χ0) is 28.3. The number of carbonyl (C=O) groups excluding carboxylic acids is 1. The minimum Gasteiger partial charge on any atom is -0.497 e. The molecule has 0 aliphatic heterocycles. The highest BCUT2D eigenvalue weighted by molar-refractivity contribution is 5.90. The molecular formula is C28H22F3N5O4. The molecule has 1 N–H and O–H groups in total. The topological polar surface area (TPSA) is 100 Å². The van der Waals surface area contributed by atoms with Crippen molar-refractivity contribution in [2.45, 2.75) is 12.9 Å². The van der Waals surface area contributed by atoms with E-state index >= 15 is 0 Å². The van der Waals surface area contributed by atoms with Crippen LogP contribution in [0.4, 0.5) is 24.8 Å². The number of nitrogens with zero attached hydrogens (tertiary/aromatic N) is 4. The molecule has 5 rings (SSSR count). The smallest absolute Gasteiger partial charge is 0.497 e.